The van der Waals surface area contributed by atoms with E-state index in [1.54, 1.807) is 24.8 Å². The topological polar surface area (TPSA) is 47.0 Å². The molecule has 0 bridgehead atoms. The Morgan fingerprint density at radius 2 is 2.37 bits per heavy atom. The van der Waals surface area contributed by atoms with Crippen LogP contribution in [-0.4, -0.2) is 30.5 Å². The van der Waals surface area contributed by atoms with Crippen molar-refractivity contribution < 1.29 is 9.13 Å². The molecule has 0 fully saturated rings. The van der Waals surface area contributed by atoms with Crippen molar-refractivity contribution in [3.05, 3.63) is 35.1 Å². The standard InChI is InChI=1S/C12H14FN3OS2/c1-17-5-4-14-7-9-6-10(13)2-3-11(9)19-12-16-15-8-18-12/h2-3,6,8,14H,4-5,7H2,1H3. The van der Waals surface area contributed by atoms with Crippen LogP contribution in [0.3, 0.4) is 0 Å². The predicted octanol–water partition coefficient (Wildman–Crippen LogP) is 2.56. The van der Waals surface area contributed by atoms with Crippen LogP contribution in [0, 0.1) is 5.82 Å². The number of nitrogens with one attached hydrogen (secondary N) is 1. The van der Waals surface area contributed by atoms with E-state index in [1.807, 2.05) is 0 Å². The van der Waals surface area contributed by atoms with Gasteiger partial charge in [-0.1, -0.05) is 23.1 Å². The average molecular weight is 299 g/mol. The molecule has 0 aliphatic heterocycles. The molecule has 2 aromatic rings. The van der Waals surface area contributed by atoms with Crippen LogP contribution in [0.5, 0.6) is 0 Å². The van der Waals surface area contributed by atoms with E-state index in [-0.39, 0.29) is 5.82 Å². The van der Waals surface area contributed by atoms with Crippen LogP contribution >= 0.6 is 23.1 Å². The number of methoxy groups -OCH3 is 1. The Balaban J connectivity index is 2.04. The number of halogens is 1. The number of aromatic nitrogens is 2. The SMILES string of the molecule is COCCNCc1cc(F)ccc1Sc1nncs1. The van der Waals surface area contributed by atoms with Crippen LogP contribution in [0.15, 0.2) is 32.9 Å². The number of rotatable bonds is 7. The first-order valence-electron chi connectivity index (χ1n) is 5.71. The highest BCUT2D eigenvalue weighted by atomic mass is 32.2. The summed E-state index contributed by atoms with van der Waals surface area (Å²) in [4.78, 5) is 0.989. The van der Waals surface area contributed by atoms with Gasteiger partial charge in [0.15, 0.2) is 4.34 Å². The second-order valence-electron chi connectivity index (χ2n) is 3.73. The van der Waals surface area contributed by atoms with Gasteiger partial charge in [0, 0.05) is 25.1 Å². The molecule has 0 spiro atoms. The van der Waals surface area contributed by atoms with Gasteiger partial charge < -0.3 is 10.1 Å². The Labute approximate surface area is 119 Å². The van der Waals surface area contributed by atoms with E-state index in [9.17, 15) is 4.39 Å². The van der Waals surface area contributed by atoms with Crippen LogP contribution in [0.2, 0.25) is 0 Å². The van der Waals surface area contributed by atoms with Gasteiger partial charge in [0.1, 0.15) is 11.3 Å². The number of hydrogen-bond donors (Lipinski definition) is 1. The van der Waals surface area contributed by atoms with Gasteiger partial charge in [-0.25, -0.2) is 4.39 Å². The highest BCUT2D eigenvalue weighted by Crippen LogP contribution is 2.31. The molecule has 1 aromatic heterocycles. The third kappa shape index (κ3) is 4.54. The van der Waals surface area contributed by atoms with E-state index in [4.69, 9.17) is 4.74 Å². The summed E-state index contributed by atoms with van der Waals surface area (Å²) in [6.07, 6.45) is 0. The summed E-state index contributed by atoms with van der Waals surface area (Å²) in [5.41, 5.74) is 2.60. The summed E-state index contributed by atoms with van der Waals surface area (Å²) in [7, 11) is 1.65. The molecule has 0 saturated heterocycles. The van der Waals surface area contributed by atoms with Crippen molar-refractivity contribution in [3.8, 4) is 0 Å². The van der Waals surface area contributed by atoms with E-state index in [1.165, 1.54) is 29.2 Å². The molecular weight excluding hydrogens is 285 g/mol. The van der Waals surface area contributed by atoms with Crippen LogP contribution in [0.25, 0.3) is 0 Å². The van der Waals surface area contributed by atoms with Crippen LogP contribution in [-0.2, 0) is 11.3 Å². The molecule has 19 heavy (non-hydrogen) atoms. The molecule has 0 amide bonds. The van der Waals surface area contributed by atoms with E-state index in [2.05, 4.69) is 15.5 Å². The highest BCUT2D eigenvalue weighted by Gasteiger charge is 2.08. The minimum atomic E-state index is -0.231. The number of nitrogens with zero attached hydrogens (tertiary/aromatic N) is 2. The van der Waals surface area contributed by atoms with Crippen LogP contribution in [0.1, 0.15) is 5.56 Å². The minimum Gasteiger partial charge on any atom is -0.383 e. The molecule has 0 radical (unpaired) electrons. The second-order valence-corrected chi connectivity index (χ2v) is 5.85. The molecule has 1 N–H and O–H groups in total. The van der Waals surface area contributed by atoms with Gasteiger partial charge in [-0.15, -0.1) is 10.2 Å². The molecule has 0 saturated carbocycles. The molecule has 0 aliphatic rings. The zero-order chi connectivity index (χ0) is 13.5. The number of ether oxygens (including phenoxy) is 1. The fourth-order valence-electron chi connectivity index (χ4n) is 1.48. The number of hydrogen-bond acceptors (Lipinski definition) is 6. The third-order valence-corrected chi connectivity index (χ3v) is 4.25. The molecule has 2 rings (SSSR count). The fourth-order valence-corrected chi connectivity index (χ4v) is 3.03. The third-order valence-electron chi connectivity index (χ3n) is 2.36. The summed E-state index contributed by atoms with van der Waals surface area (Å²) < 4.78 is 19.1. The maximum Gasteiger partial charge on any atom is 0.178 e. The van der Waals surface area contributed by atoms with Gasteiger partial charge in [0.25, 0.3) is 0 Å². The summed E-state index contributed by atoms with van der Waals surface area (Å²) >= 11 is 2.97. The molecule has 1 aromatic carbocycles. The van der Waals surface area contributed by atoms with E-state index >= 15 is 0 Å². The van der Waals surface area contributed by atoms with Crippen molar-refractivity contribution in [2.45, 2.75) is 15.8 Å². The quantitative estimate of drug-likeness (QED) is 0.796. The van der Waals surface area contributed by atoms with Crippen molar-refractivity contribution in [1.82, 2.24) is 15.5 Å². The van der Waals surface area contributed by atoms with Gasteiger partial charge in [0.05, 0.1) is 6.61 Å². The molecule has 102 valence electrons. The Morgan fingerprint density at radius 3 is 3.11 bits per heavy atom. The van der Waals surface area contributed by atoms with Gasteiger partial charge in [0.2, 0.25) is 0 Å². The number of benzene rings is 1. The lowest BCUT2D eigenvalue weighted by Gasteiger charge is -2.09. The van der Waals surface area contributed by atoms with E-state index in [0.717, 1.165) is 21.3 Å². The zero-order valence-electron chi connectivity index (χ0n) is 10.4. The lowest BCUT2D eigenvalue weighted by molar-refractivity contribution is 0.199. The monoisotopic (exact) mass is 299 g/mol. The van der Waals surface area contributed by atoms with Crippen molar-refractivity contribution in [1.29, 1.82) is 0 Å². The maximum atomic E-state index is 13.3. The van der Waals surface area contributed by atoms with Crippen LogP contribution < -0.4 is 5.32 Å². The van der Waals surface area contributed by atoms with Crippen molar-refractivity contribution >= 4 is 23.1 Å². The Morgan fingerprint density at radius 1 is 1.47 bits per heavy atom. The summed E-state index contributed by atoms with van der Waals surface area (Å²) in [5, 5.41) is 11.0. The van der Waals surface area contributed by atoms with Crippen molar-refractivity contribution in [3.63, 3.8) is 0 Å². The largest absolute Gasteiger partial charge is 0.383 e. The lowest BCUT2D eigenvalue weighted by atomic mass is 10.2. The molecule has 0 aliphatic carbocycles. The molecule has 0 unspecified atom stereocenters. The maximum absolute atomic E-state index is 13.3. The normalized spacial score (nSPS) is 10.8. The Kier molecular flexibility index (Phi) is 5.71. The summed E-state index contributed by atoms with van der Waals surface area (Å²) in [6.45, 7) is 1.96. The Bertz CT molecular complexity index is 508. The smallest absolute Gasteiger partial charge is 0.178 e. The Hall–Kier alpha value is -1.02. The van der Waals surface area contributed by atoms with Gasteiger partial charge in [-0.05, 0) is 23.8 Å². The molecule has 7 heteroatoms. The highest BCUT2D eigenvalue weighted by molar-refractivity contribution is 8.01. The average Bonchev–Trinajstić information content (AvgIpc) is 2.90. The lowest BCUT2D eigenvalue weighted by Crippen LogP contribution is -2.19. The molecule has 0 atom stereocenters. The summed E-state index contributed by atoms with van der Waals surface area (Å²) in [5.74, 6) is -0.231. The summed E-state index contributed by atoms with van der Waals surface area (Å²) in [6, 6.07) is 4.78. The first-order chi connectivity index (χ1) is 9.29. The van der Waals surface area contributed by atoms with E-state index in [0.29, 0.717) is 13.2 Å². The zero-order valence-corrected chi connectivity index (χ0v) is 12.1. The van der Waals surface area contributed by atoms with Crippen LogP contribution in [0.4, 0.5) is 4.39 Å². The van der Waals surface area contributed by atoms with Crippen molar-refractivity contribution in [2.75, 3.05) is 20.3 Å². The molecule has 1 heterocycles. The van der Waals surface area contributed by atoms with Crippen molar-refractivity contribution in [2.24, 2.45) is 0 Å². The van der Waals surface area contributed by atoms with Gasteiger partial charge >= 0.3 is 0 Å². The predicted molar refractivity (Wildman–Crippen MR) is 74.0 cm³/mol. The molecule has 4 nitrogen and oxygen atoms in total. The van der Waals surface area contributed by atoms with Gasteiger partial charge in [-0.3, -0.25) is 0 Å². The fraction of sp³-hybridized carbons (Fsp3) is 0.333. The minimum absolute atomic E-state index is 0.231. The first-order valence-corrected chi connectivity index (χ1v) is 7.41. The molecular formula is C12H14FN3OS2. The first kappa shape index (κ1) is 14.4. The van der Waals surface area contributed by atoms with Gasteiger partial charge in [-0.2, -0.15) is 0 Å². The van der Waals surface area contributed by atoms with E-state index < -0.39 is 0 Å². The second kappa shape index (κ2) is 7.54.